The minimum atomic E-state index is 0.724. The number of rotatable bonds is 6. The van der Waals surface area contributed by atoms with Gasteiger partial charge in [0.15, 0.2) is 0 Å². The topological polar surface area (TPSA) is 37.8 Å². The lowest BCUT2D eigenvalue weighted by molar-refractivity contribution is 0.670. The Labute approximate surface area is 126 Å². The van der Waals surface area contributed by atoms with Crippen LogP contribution in [0.5, 0.6) is 0 Å². The molecule has 1 aromatic carbocycles. The van der Waals surface area contributed by atoms with Crippen molar-refractivity contribution in [3.8, 4) is 0 Å². The van der Waals surface area contributed by atoms with Crippen LogP contribution >= 0.6 is 0 Å². The normalized spacial score (nSPS) is 14.4. The van der Waals surface area contributed by atoms with Crippen molar-refractivity contribution in [2.75, 3.05) is 0 Å². The molecular weight excluding hydrogens is 258 g/mol. The van der Waals surface area contributed by atoms with E-state index in [1.807, 2.05) is 0 Å². The molecular formula is C18H23N3. The van der Waals surface area contributed by atoms with Gasteiger partial charge in [-0.1, -0.05) is 30.3 Å². The van der Waals surface area contributed by atoms with Crippen molar-refractivity contribution in [3.63, 3.8) is 0 Å². The minimum absolute atomic E-state index is 0.724. The number of aryl methyl sites for hydroxylation is 4. The van der Waals surface area contributed by atoms with Gasteiger partial charge >= 0.3 is 0 Å². The largest absolute Gasteiger partial charge is 0.310 e. The summed E-state index contributed by atoms with van der Waals surface area (Å²) < 4.78 is 0. The summed E-state index contributed by atoms with van der Waals surface area (Å²) >= 11 is 0. The van der Waals surface area contributed by atoms with Crippen molar-refractivity contribution in [2.45, 2.75) is 52.1 Å². The highest BCUT2D eigenvalue weighted by atomic mass is 15.0. The molecule has 0 unspecified atom stereocenters. The van der Waals surface area contributed by atoms with Crippen LogP contribution in [0.15, 0.2) is 30.3 Å². The van der Waals surface area contributed by atoms with Gasteiger partial charge in [0.05, 0.1) is 0 Å². The predicted octanol–water partition coefficient (Wildman–Crippen LogP) is 3.13. The first kappa shape index (κ1) is 14.2. The third-order valence-corrected chi connectivity index (χ3v) is 4.09. The van der Waals surface area contributed by atoms with Gasteiger partial charge in [-0.2, -0.15) is 0 Å². The van der Waals surface area contributed by atoms with Crippen molar-refractivity contribution in [2.24, 2.45) is 0 Å². The number of aromatic nitrogens is 2. The van der Waals surface area contributed by atoms with Gasteiger partial charge in [-0.25, -0.2) is 9.97 Å². The SMILES string of the molecule is Cc1nc(CCc2ccccc2)nc(C)c1CNC1CC1. The van der Waals surface area contributed by atoms with Gasteiger partial charge in [0.2, 0.25) is 0 Å². The molecule has 1 saturated carbocycles. The predicted molar refractivity (Wildman–Crippen MR) is 85.2 cm³/mol. The van der Waals surface area contributed by atoms with Crippen LogP contribution in [-0.4, -0.2) is 16.0 Å². The van der Waals surface area contributed by atoms with E-state index in [0.29, 0.717) is 0 Å². The second-order valence-corrected chi connectivity index (χ2v) is 5.93. The van der Waals surface area contributed by atoms with Crippen LogP contribution in [0, 0.1) is 13.8 Å². The zero-order valence-corrected chi connectivity index (χ0v) is 12.9. The first-order chi connectivity index (χ1) is 10.2. The molecule has 1 aliphatic rings. The molecule has 0 aliphatic heterocycles. The Hall–Kier alpha value is -1.74. The van der Waals surface area contributed by atoms with E-state index in [1.54, 1.807) is 0 Å². The number of hydrogen-bond donors (Lipinski definition) is 1. The molecule has 1 fully saturated rings. The van der Waals surface area contributed by atoms with E-state index >= 15 is 0 Å². The first-order valence-electron chi connectivity index (χ1n) is 7.82. The molecule has 2 aromatic rings. The van der Waals surface area contributed by atoms with Crippen LogP contribution in [-0.2, 0) is 19.4 Å². The summed E-state index contributed by atoms with van der Waals surface area (Å²) in [7, 11) is 0. The second kappa shape index (κ2) is 6.35. The average molecular weight is 281 g/mol. The molecule has 110 valence electrons. The van der Waals surface area contributed by atoms with E-state index in [0.717, 1.165) is 42.6 Å². The fourth-order valence-electron chi connectivity index (χ4n) is 2.61. The Morgan fingerprint density at radius 2 is 1.67 bits per heavy atom. The molecule has 0 atom stereocenters. The van der Waals surface area contributed by atoms with Gasteiger partial charge in [0.1, 0.15) is 5.82 Å². The van der Waals surface area contributed by atoms with E-state index in [1.165, 1.54) is 24.0 Å². The summed E-state index contributed by atoms with van der Waals surface area (Å²) in [5, 5.41) is 3.55. The molecule has 0 bridgehead atoms. The van der Waals surface area contributed by atoms with E-state index in [9.17, 15) is 0 Å². The maximum absolute atomic E-state index is 4.70. The standard InChI is InChI=1S/C18H23N3/c1-13-17(12-19-16-9-10-16)14(2)21-18(20-13)11-8-15-6-4-3-5-7-15/h3-7,16,19H,8-12H2,1-2H3. The zero-order valence-electron chi connectivity index (χ0n) is 12.9. The van der Waals surface area contributed by atoms with Crippen molar-refractivity contribution >= 4 is 0 Å². The molecule has 1 heterocycles. The van der Waals surface area contributed by atoms with Gasteiger partial charge in [0, 0.05) is 36.0 Å². The van der Waals surface area contributed by atoms with Crippen LogP contribution < -0.4 is 5.32 Å². The van der Waals surface area contributed by atoms with Crippen molar-refractivity contribution < 1.29 is 0 Å². The van der Waals surface area contributed by atoms with Crippen LogP contribution in [0.3, 0.4) is 0 Å². The van der Waals surface area contributed by atoms with Crippen LogP contribution in [0.1, 0.15) is 41.2 Å². The molecule has 0 radical (unpaired) electrons. The smallest absolute Gasteiger partial charge is 0.129 e. The van der Waals surface area contributed by atoms with E-state index in [2.05, 4.69) is 49.5 Å². The van der Waals surface area contributed by atoms with Gasteiger partial charge in [0.25, 0.3) is 0 Å². The molecule has 0 amide bonds. The lowest BCUT2D eigenvalue weighted by Gasteiger charge is -2.11. The Bertz CT molecular complexity index is 580. The van der Waals surface area contributed by atoms with E-state index in [-0.39, 0.29) is 0 Å². The fourth-order valence-corrected chi connectivity index (χ4v) is 2.61. The summed E-state index contributed by atoms with van der Waals surface area (Å²) in [6.07, 6.45) is 4.53. The molecule has 3 heteroatoms. The average Bonchev–Trinajstić information content (AvgIpc) is 3.29. The number of benzene rings is 1. The van der Waals surface area contributed by atoms with Gasteiger partial charge in [-0.15, -0.1) is 0 Å². The van der Waals surface area contributed by atoms with Gasteiger partial charge < -0.3 is 5.32 Å². The van der Waals surface area contributed by atoms with E-state index in [4.69, 9.17) is 9.97 Å². The van der Waals surface area contributed by atoms with Crippen LogP contribution in [0.4, 0.5) is 0 Å². The highest BCUT2D eigenvalue weighted by molar-refractivity contribution is 5.25. The maximum atomic E-state index is 4.70. The summed E-state index contributed by atoms with van der Waals surface area (Å²) in [6.45, 7) is 5.11. The Morgan fingerprint density at radius 3 is 2.29 bits per heavy atom. The van der Waals surface area contributed by atoms with Crippen molar-refractivity contribution in [1.82, 2.24) is 15.3 Å². The molecule has 1 aromatic heterocycles. The quantitative estimate of drug-likeness (QED) is 0.884. The summed E-state index contributed by atoms with van der Waals surface area (Å²) in [4.78, 5) is 9.39. The molecule has 21 heavy (non-hydrogen) atoms. The fraction of sp³-hybridized carbons (Fsp3) is 0.444. The highest BCUT2D eigenvalue weighted by Gasteiger charge is 2.21. The number of hydrogen-bond acceptors (Lipinski definition) is 3. The Balaban J connectivity index is 1.65. The Morgan fingerprint density at radius 1 is 1.00 bits per heavy atom. The zero-order chi connectivity index (χ0) is 14.7. The lowest BCUT2D eigenvalue weighted by atomic mass is 10.1. The Kier molecular flexibility index (Phi) is 4.30. The third kappa shape index (κ3) is 3.88. The molecule has 3 rings (SSSR count). The van der Waals surface area contributed by atoms with Crippen LogP contribution in [0.2, 0.25) is 0 Å². The van der Waals surface area contributed by atoms with E-state index < -0.39 is 0 Å². The summed E-state index contributed by atoms with van der Waals surface area (Å²) in [5.74, 6) is 0.962. The van der Waals surface area contributed by atoms with Crippen LogP contribution in [0.25, 0.3) is 0 Å². The summed E-state index contributed by atoms with van der Waals surface area (Å²) in [5.41, 5.74) is 4.86. The third-order valence-electron chi connectivity index (χ3n) is 4.09. The molecule has 3 nitrogen and oxygen atoms in total. The van der Waals surface area contributed by atoms with Crippen molar-refractivity contribution in [3.05, 3.63) is 58.7 Å². The first-order valence-corrected chi connectivity index (χ1v) is 7.82. The molecule has 0 spiro atoms. The molecule has 1 N–H and O–H groups in total. The monoisotopic (exact) mass is 281 g/mol. The summed E-state index contributed by atoms with van der Waals surface area (Å²) in [6, 6.07) is 11.3. The molecule has 0 saturated heterocycles. The number of nitrogens with one attached hydrogen (secondary N) is 1. The lowest BCUT2D eigenvalue weighted by Crippen LogP contribution is -2.18. The van der Waals surface area contributed by atoms with Crippen molar-refractivity contribution in [1.29, 1.82) is 0 Å². The number of nitrogens with zero attached hydrogens (tertiary/aromatic N) is 2. The van der Waals surface area contributed by atoms with Gasteiger partial charge in [-0.05, 0) is 38.7 Å². The highest BCUT2D eigenvalue weighted by Crippen LogP contribution is 2.20. The second-order valence-electron chi connectivity index (χ2n) is 5.93. The minimum Gasteiger partial charge on any atom is -0.310 e. The maximum Gasteiger partial charge on any atom is 0.129 e. The molecule has 1 aliphatic carbocycles. The van der Waals surface area contributed by atoms with Gasteiger partial charge in [-0.3, -0.25) is 0 Å².